The van der Waals surface area contributed by atoms with Gasteiger partial charge in [-0.2, -0.15) is 0 Å². The minimum atomic E-state index is 0.615. The molecule has 0 aliphatic heterocycles. The van der Waals surface area contributed by atoms with Crippen molar-refractivity contribution in [3.63, 3.8) is 0 Å². The number of aromatic nitrogens is 4. The van der Waals surface area contributed by atoms with Gasteiger partial charge in [0.2, 0.25) is 10.9 Å². The second-order valence-electron chi connectivity index (χ2n) is 4.75. The van der Waals surface area contributed by atoms with Crippen LogP contribution in [-0.2, 0) is 13.6 Å². The maximum Gasteiger partial charge on any atom is 0.209 e. The highest BCUT2D eigenvalue weighted by Gasteiger charge is 2.13. The van der Waals surface area contributed by atoms with E-state index in [1.54, 1.807) is 37.8 Å². The Morgan fingerprint density at radius 2 is 1.83 bits per heavy atom. The minimum Gasteiger partial charge on any atom is -0.493 e. The lowest BCUT2D eigenvalue weighted by Crippen LogP contribution is -2.83. The SMILES string of the molecule is COc1cc(C[NH2+]CCSc2nnnn2C)cc(OC)c1OC. The smallest absolute Gasteiger partial charge is 0.209 e. The first-order valence-corrected chi connectivity index (χ1v) is 8.13. The number of nitrogens with two attached hydrogens (primary N) is 1. The maximum atomic E-state index is 5.36. The monoisotopic (exact) mass is 340 g/mol. The zero-order valence-corrected chi connectivity index (χ0v) is 14.6. The highest BCUT2D eigenvalue weighted by Crippen LogP contribution is 2.37. The minimum absolute atomic E-state index is 0.615. The van der Waals surface area contributed by atoms with Gasteiger partial charge in [0.25, 0.3) is 0 Å². The van der Waals surface area contributed by atoms with Crippen molar-refractivity contribution in [3.8, 4) is 17.2 Å². The number of methoxy groups -OCH3 is 3. The summed E-state index contributed by atoms with van der Waals surface area (Å²) in [5.41, 5.74) is 1.12. The van der Waals surface area contributed by atoms with E-state index in [-0.39, 0.29) is 0 Å². The van der Waals surface area contributed by atoms with Gasteiger partial charge in [0, 0.05) is 12.6 Å². The molecule has 1 aromatic heterocycles. The van der Waals surface area contributed by atoms with Crippen LogP contribution in [0.3, 0.4) is 0 Å². The zero-order valence-electron chi connectivity index (χ0n) is 13.8. The van der Waals surface area contributed by atoms with Crippen molar-refractivity contribution >= 4 is 11.8 Å². The largest absolute Gasteiger partial charge is 0.493 e. The summed E-state index contributed by atoms with van der Waals surface area (Å²) in [4.78, 5) is 0. The van der Waals surface area contributed by atoms with E-state index in [0.29, 0.717) is 17.2 Å². The van der Waals surface area contributed by atoms with Crippen LogP contribution in [0.4, 0.5) is 0 Å². The van der Waals surface area contributed by atoms with E-state index in [1.165, 1.54) is 0 Å². The lowest BCUT2D eigenvalue weighted by Gasteiger charge is -2.13. The summed E-state index contributed by atoms with van der Waals surface area (Å²) in [6.07, 6.45) is 0. The molecule has 0 amide bonds. The Kier molecular flexibility index (Phi) is 6.48. The molecule has 1 heterocycles. The standard InChI is InChI=1S/C14H21N5O3S/c1-19-14(16-17-18-19)23-6-5-15-9-10-7-11(20-2)13(22-4)12(8-10)21-3/h7-8,15H,5-6,9H2,1-4H3/p+1. The Morgan fingerprint density at radius 1 is 1.13 bits per heavy atom. The van der Waals surface area contributed by atoms with Gasteiger partial charge in [-0.1, -0.05) is 11.8 Å². The van der Waals surface area contributed by atoms with E-state index >= 15 is 0 Å². The van der Waals surface area contributed by atoms with Gasteiger partial charge < -0.3 is 19.5 Å². The number of thioether (sulfide) groups is 1. The summed E-state index contributed by atoms with van der Waals surface area (Å²) in [7, 11) is 6.68. The van der Waals surface area contributed by atoms with Gasteiger partial charge in [0.15, 0.2) is 11.5 Å². The first-order chi connectivity index (χ1) is 11.2. The van der Waals surface area contributed by atoms with Crippen molar-refractivity contribution < 1.29 is 19.5 Å². The molecular formula is C14H22N5O3S+. The second-order valence-corrected chi connectivity index (χ2v) is 5.81. The van der Waals surface area contributed by atoms with Crippen molar-refractivity contribution in [3.05, 3.63) is 17.7 Å². The van der Waals surface area contributed by atoms with Crippen LogP contribution in [0.2, 0.25) is 0 Å². The van der Waals surface area contributed by atoms with Crippen molar-refractivity contribution in [2.24, 2.45) is 7.05 Å². The molecule has 8 nitrogen and oxygen atoms in total. The molecule has 0 saturated heterocycles. The van der Waals surface area contributed by atoms with Gasteiger partial charge in [-0.3, -0.25) is 0 Å². The third-order valence-electron chi connectivity index (χ3n) is 3.24. The summed E-state index contributed by atoms with van der Waals surface area (Å²) in [6.45, 7) is 1.78. The molecule has 0 unspecified atom stereocenters. The number of hydrogen-bond donors (Lipinski definition) is 1. The quantitative estimate of drug-likeness (QED) is 0.511. The van der Waals surface area contributed by atoms with Crippen LogP contribution in [0.25, 0.3) is 0 Å². The first kappa shape index (κ1) is 17.4. The summed E-state index contributed by atoms with van der Waals surface area (Å²) in [6, 6.07) is 3.94. The predicted molar refractivity (Wildman–Crippen MR) is 86.1 cm³/mol. The van der Waals surface area contributed by atoms with Crippen LogP contribution >= 0.6 is 11.8 Å². The van der Waals surface area contributed by atoms with E-state index < -0.39 is 0 Å². The molecule has 2 aromatic rings. The molecular weight excluding hydrogens is 318 g/mol. The number of aryl methyl sites for hydroxylation is 1. The molecule has 0 atom stereocenters. The molecule has 2 rings (SSSR count). The van der Waals surface area contributed by atoms with Gasteiger partial charge in [-0.05, 0) is 22.6 Å². The topological polar surface area (TPSA) is 87.9 Å². The number of nitrogens with zero attached hydrogens (tertiary/aromatic N) is 4. The number of tetrazole rings is 1. The first-order valence-electron chi connectivity index (χ1n) is 7.15. The Hall–Kier alpha value is -2.00. The molecule has 0 aliphatic rings. The molecule has 1 aromatic carbocycles. The molecule has 2 N–H and O–H groups in total. The summed E-state index contributed by atoms with van der Waals surface area (Å²) in [5, 5.41) is 14.4. The maximum absolute atomic E-state index is 5.36. The lowest BCUT2D eigenvalue weighted by molar-refractivity contribution is -0.666. The highest BCUT2D eigenvalue weighted by atomic mass is 32.2. The van der Waals surface area contributed by atoms with Crippen LogP contribution in [0.1, 0.15) is 5.56 Å². The molecule has 0 radical (unpaired) electrons. The molecule has 23 heavy (non-hydrogen) atoms. The average molecular weight is 340 g/mol. The Balaban J connectivity index is 1.86. The van der Waals surface area contributed by atoms with Gasteiger partial charge in [0.05, 0.1) is 33.6 Å². The van der Waals surface area contributed by atoms with Crippen molar-refractivity contribution in [2.45, 2.75) is 11.7 Å². The number of benzene rings is 1. The molecule has 0 fully saturated rings. The molecule has 9 heteroatoms. The van der Waals surface area contributed by atoms with Crippen LogP contribution in [0, 0.1) is 0 Å². The number of hydrogen-bond acceptors (Lipinski definition) is 7. The predicted octanol–water partition coefficient (Wildman–Crippen LogP) is 0.0916. The fourth-order valence-corrected chi connectivity index (χ4v) is 2.88. The van der Waals surface area contributed by atoms with Gasteiger partial charge in [0.1, 0.15) is 6.54 Å². The highest BCUT2D eigenvalue weighted by molar-refractivity contribution is 7.99. The Bertz CT molecular complexity index is 610. The fraction of sp³-hybridized carbons (Fsp3) is 0.500. The van der Waals surface area contributed by atoms with Crippen molar-refractivity contribution in [1.82, 2.24) is 20.2 Å². The van der Waals surface area contributed by atoms with E-state index in [4.69, 9.17) is 14.2 Å². The van der Waals surface area contributed by atoms with Gasteiger partial charge in [-0.25, -0.2) is 4.68 Å². The van der Waals surface area contributed by atoms with E-state index in [0.717, 1.165) is 29.6 Å². The molecule has 0 spiro atoms. The van der Waals surface area contributed by atoms with Crippen LogP contribution in [-0.4, -0.2) is 53.8 Å². The van der Waals surface area contributed by atoms with Gasteiger partial charge in [-0.15, -0.1) is 5.10 Å². The van der Waals surface area contributed by atoms with Crippen LogP contribution in [0.5, 0.6) is 17.2 Å². The normalized spacial score (nSPS) is 10.6. The summed E-state index contributed by atoms with van der Waals surface area (Å²) in [5.74, 6) is 2.90. The zero-order chi connectivity index (χ0) is 16.7. The Labute approximate surface area is 139 Å². The van der Waals surface area contributed by atoms with E-state index in [9.17, 15) is 0 Å². The molecule has 0 saturated carbocycles. The Morgan fingerprint density at radius 3 is 2.35 bits per heavy atom. The lowest BCUT2D eigenvalue weighted by atomic mass is 10.2. The number of rotatable bonds is 9. The van der Waals surface area contributed by atoms with Crippen molar-refractivity contribution in [1.29, 1.82) is 0 Å². The fourth-order valence-electron chi connectivity index (χ4n) is 2.10. The van der Waals surface area contributed by atoms with Gasteiger partial charge >= 0.3 is 0 Å². The van der Waals surface area contributed by atoms with Crippen LogP contribution < -0.4 is 19.5 Å². The molecule has 0 aliphatic carbocycles. The van der Waals surface area contributed by atoms with E-state index in [2.05, 4.69) is 20.8 Å². The summed E-state index contributed by atoms with van der Waals surface area (Å²) >= 11 is 1.64. The summed E-state index contributed by atoms with van der Waals surface area (Å²) < 4.78 is 17.7. The molecule has 126 valence electrons. The average Bonchev–Trinajstić information content (AvgIpc) is 2.98. The third-order valence-corrected chi connectivity index (χ3v) is 4.28. The molecule has 0 bridgehead atoms. The second kappa shape index (κ2) is 8.59. The van der Waals surface area contributed by atoms with E-state index in [1.807, 2.05) is 19.2 Å². The number of ether oxygens (including phenoxy) is 3. The van der Waals surface area contributed by atoms with Crippen molar-refractivity contribution in [2.75, 3.05) is 33.6 Å². The third kappa shape index (κ3) is 4.49. The van der Waals surface area contributed by atoms with Crippen LogP contribution in [0.15, 0.2) is 17.3 Å². The number of quaternary nitrogens is 1.